The molecule has 0 bridgehead atoms. The van der Waals surface area contributed by atoms with Crippen LogP contribution in [0.2, 0.25) is 0 Å². The van der Waals surface area contributed by atoms with E-state index in [2.05, 4.69) is 20.4 Å². The first-order chi connectivity index (χ1) is 15.2. The van der Waals surface area contributed by atoms with Gasteiger partial charge in [-0.2, -0.15) is 9.29 Å². The third-order valence-corrected chi connectivity index (χ3v) is 7.75. The number of carbonyl (C=O) groups excluding carboxylic acids is 1. The van der Waals surface area contributed by atoms with Gasteiger partial charge in [-0.25, -0.2) is 17.9 Å². The Morgan fingerprint density at radius 3 is 2.66 bits per heavy atom. The summed E-state index contributed by atoms with van der Waals surface area (Å²) in [6, 6.07) is 6.66. The summed E-state index contributed by atoms with van der Waals surface area (Å²) in [5.74, 6) is 0.287. The molecule has 1 aliphatic rings. The summed E-state index contributed by atoms with van der Waals surface area (Å²) in [7, 11) is -3.65. The molecule has 0 aliphatic carbocycles. The van der Waals surface area contributed by atoms with Crippen LogP contribution in [0.25, 0.3) is 5.78 Å². The zero-order chi connectivity index (χ0) is 22.9. The number of nitrogens with one attached hydrogen (secondary N) is 1. The zero-order valence-corrected chi connectivity index (χ0v) is 19.7. The number of thioether (sulfide) groups is 1. The average Bonchev–Trinajstić information content (AvgIpc) is 3.17. The number of nitrogens with zero attached hydrogens (tertiary/aromatic N) is 5. The van der Waals surface area contributed by atoms with Gasteiger partial charge in [-0.15, -0.1) is 5.10 Å². The maximum Gasteiger partial charge on any atom is 0.253 e. The molecule has 1 N–H and O–H groups in total. The molecule has 1 aromatic carbocycles. The van der Waals surface area contributed by atoms with E-state index in [1.54, 1.807) is 16.6 Å². The van der Waals surface area contributed by atoms with Crippen LogP contribution >= 0.6 is 11.8 Å². The molecule has 3 aromatic rings. The Balaban J connectivity index is 1.45. The highest BCUT2D eigenvalue weighted by Gasteiger charge is 2.27. The molecule has 1 saturated heterocycles. The molecule has 1 fully saturated rings. The third-order valence-electron chi connectivity index (χ3n) is 5.02. The molecule has 3 heterocycles. The van der Waals surface area contributed by atoms with Gasteiger partial charge < -0.3 is 10.1 Å². The smallest absolute Gasteiger partial charge is 0.253 e. The predicted molar refractivity (Wildman–Crippen MR) is 120 cm³/mol. The van der Waals surface area contributed by atoms with Crippen molar-refractivity contribution < 1.29 is 17.9 Å². The lowest BCUT2D eigenvalue weighted by molar-refractivity contribution is -0.113. The molecule has 0 saturated carbocycles. The van der Waals surface area contributed by atoms with E-state index in [0.717, 1.165) is 17.0 Å². The van der Waals surface area contributed by atoms with E-state index in [9.17, 15) is 13.2 Å². The summed E-state index contributed by atoms with van der Waals surface area (Å²) in [6.45, 7) is 6.99. The number of hydrogen-bond donors (Lipinski definition) is 1. The second kappa shape index (κ2) is 9.14. The Hall–Kier alpha value is -2.54. The van der Waals surface area contributed by atoms with E-state index in [-0.39, 0.29) is 16.6 Å². The third kappa shape index (κ3) is 4.77. The monoisotopic (exact) mass is 476 g/mol. The molecule has 12 heteroatoms. The summed E-state index contributed by atoms with van der Waals surface area (Å²) >= 11 is 1.19. The number of ether oxygens (including phenoxy) is 1. The first-order valence-corrected chi connectivity index (χ1v) is 12.5. The van der Waals surface area contributed by atoms with Gasteiger partial charge in [0.2, 0.25) is 21.1 Å². The second-order valence-corrected chi connectivity index (χ2v) is 10.4. The number of hydrogen-bond acceptors (Lipinski definition) is 8. The number of sulfonamides is 1. The first-order valence-electron chi connectivity index (χ1n) is 10.1. The minimum absolute atomic E-state index is 0.0782. The van der Waals surface area contributed by atoms with Crippen LogP contribution in [0.4, 0.5) is 5.69 Å². The normalized spacial score (nSPS) is 15.2. The van der Waals surface area contributed by atoms with Crippen molar-refractivity contribution in [3.8, 4) is 0 Å². The van der Waals surface area contributed by atoms with Gasteiger partial charge in [0.25, 0.3) is 5.78 Å². The van der Waals surface area contributed by atoms with Crippen LogP contribution in [0.15, 0.2) is 34.3 Å². The molecule has 32 heavy (non-hydrogen) atoms. The number of amides is 1. The summed E-state index contributed by atoms with van der Waals surface area (Å²) in [5.41, 5.74) is 2.98. The Bertz CT molecular complexity index is 1270. The van der Waals surface area contributed by atoms with Crippen LogP contribution in [0, 0.1) is 20.8 Å². The van der Waals surface area contributed by atoms with E-state index in [1.165, 1.54) is 22.1 Å². The van der Waals surface area contributed by atoms with Crippen molar-refractivity contribution in [1.82, 2.24) is 23.9 Å². The van der Waals surface area contributed by atoms with Crippen molar-refractivity contribution in [3.05, 3.63) is 41.2 Å². The fourth-order valence-corrected chi connectivity index (χ4v) is 5.41. The lowest BCUT2D eigenvalue weighted by atomic mass is 10.2. The molecule has 0 atom stereocenters. The van der Waals surface area contributed by atoms with Crippen molar-refractivity contribution in [3.63, 3.8) is 0 Å². The molecule has 1 amide bonds. The van der Waals surface area contributed by atoms with E-state index in [4.69, 9.17) is 4.74 Å². The molecule has 0 radical (unpaired) electrons. The Morgan fingerprint density at radius 1 is 1.16 bits per heavy atom. The highest BCUT2D eigenvalue weighted by atomic mass is 32.2. The van der Waals surface area contributed by atoms with Crippen LogP contribution in [0.1, 0.15) is 17.0 Å². The van der Waals surface area contributed by atoms with Gasteiger partial charge in [0.15, 0.2) is 0 Å². The summed E-state index contributed by atoms with van der Waals surface area (Å²) < 4.78 is 34.1. The van der Waals surface area contributed by atoms with E-state index >= 15 is 0 Å². The number of aromatic nitrogens is 4. The van der Waals surface area contributed by atoms with Crippen LogP contribution in [-0.2, 0) is 19.6 Å². The molecular weight excluding hydrogens is 452 g/mol. The first kappa shape index (κ1) is 22.6. The minimum Gasteiger partial charge on any atom is -0.379 e. The number of fused-ring (bicyclic) bond motifs is 1. The number of carbonyl (C=O) groups is 1. The Kier molecular flexibility index (Phi) is 6.47. The fourth-order valence-electron chi connectivity index (χ4n) is 3.36. The summed E-state index contributed by atoms with van der Waals surface area (Å²) in [6.07, 6.45) is 0. The maximum absolute atomic E-state index is 12.9. The largest absolute Gasteiger partial charge is 0.379 e. The van der Waals surface area contributed by atoms with Gasteiger partial charge in [0.05, 0.1) is 23.9 Å². The van der Waals surface area contributed by atoms with Crippen molar-refractivity contribution >= 4 is 39.2 Å². The molecule has 170 valence electrons. The van der Waals surface area contributed by atoms with E-state index in [0.29, 0.717) is 42.9 Å². The number of morpholine rings is 1. The molecule has 10 nitrogen and oxygen atoms in total. The predicted octanol–water partition coefficient (Wildman–Crippen LogP) is 1.80. The van der Waals surface area contributed by atoms with Gasteiger partial charge in [0.1, 0.15) is 0 Å². The Labute approximate surface area is 190 Å². The van der Waals surface area contributed by atoms with Crippen molar-refractivity contribution in [2.75, 3.05) is 37.4 Å². The van der Waals surface area contributed by atoms with Crippen LogP contribution in [0.5, 0.6) is 0 Å². The molecular formula is C20H24N6O4S2. The van der Waals surface area contributed by atoms with Gasteiger partial charge in [-0.3, -0.25) is 4.79 Å². The van der Waals surface area contributed by atoms with Gasteiger partial charge in [-0.05, 0) is 44.5 Å². The summed E-state index contributed by atoms with van der Waals surface area (Å²) in [5, 5.41) is 7.63. The number of aryl methyl sites for hydroxylation is 3. The second-order valence-electron chi connectivity index (χ2n) is 7.48. The average molecular weight is 477 g/mol. The van der Waals surface area contributed by atoms with Gasteiger partial charge in [-0.1, -0.05) is 17.8 Å². The standard InChI is InChI=1S/C20H24N6O4S2/c1-13-4-5-16(32(28,29)25-6-8-30-9-7-25)11-17(13)22-18(27)12-31-20-23-19-21-14(2)10-15(3)26(19)24-20/h4-5,10-11H,6-9,12H2,1-3H3,(H,22,27). The molecule has 0 spiro atoms. The van der Waals surface area contributed by atoms with Crippen LogP contribution in [0.3, 0.4) is 0 Å². The Morgan fingerprint density at radius 2 is 1.91 bits per heavy atom. The summed E-state index contributed by atoms with van der Waals surface area (Å²) in [4.78, 5) is 21.4. The van der Waals surface area contributed by atoms with Crippen molar-refractivity contribution in [2.45, 2.75) is 30.8 Å². The minimum atomic E-state index is -3.65. The quantitative estimate of drug-likeness (QED) is 0.535. The maximum atomic E-state index is 12.9. The van der Waals surface area contributed by atoms with Gasteiger partial charge in [0, 0.05) is 30.2 Å². The molecule has 1 aliphatic heterocycles. The molecule has 4 rings (SSSR count). The SMILES string of the molecule is Cc1cc(C)n2nc(SCC(=O)Nc3cc(S(=O)(=O)N4CCOCC4)ccc3C)nc2n1. The number of anilines is 1. The van der Waals surface area contributed by atoms with Crippen molar-refractivity contribution in [2.24, 2.45) is 0 Å². The zero-order valence-electron chi connectivity index (χ0n) is 18.0. The highest BCUT2D eigenvalue weighted by molar-refractivity contribution is 7.99. The highest BCUT2D eigenvalue weighted by Crippen LogP contribution is 2.24. The van der Waals surface area contributed by atoms with Gasteiger partial charge >= 0.3 is 0 Å². The topological polar surface area (TPSA) is 119 Å². The van der Waals surface area contributed by atoms with Crippen molar-refractivity contribution in [1.29, 1.82) is 0 Å². The van der Waals surface area contributed by atoms with Crippen LogP contribution < -0.4 is 5.32 Å². The fraction of sp³-hybridized carbons (Fsp3) is 0.400. The lowest BCUT2D eigenvalue weighted by Gasteiger charge is -2.26. The van der Waals surface area contributed by atoms with E-state index < -0.39 is 10.0 Å². The number of benzene rings is 1. The lowest BCUT2D eigenvalue weighted by Crippen LogP contribution is -2.40. The number of rotatable bonds is 6. The van der Waals surface area contributed by atoms with E-state index in [1.807, 2.05) is 26.8 Å². The van der Waals surface area contributed by atoms with Crippen LogP contribution in [-0.4, -0.2) is 70.3 Å². The molecule has 2 aromatic heterocycles. The molecule has 0 unspecified atom stereocenters.